The number of benzene rings is 2. The average molecular weight is 512 g/mol. The molecule has 158 valence electrons. The van der Waals surface area contributed by atoms with Crippen molar-refractivity contribution in [3.63, 3.8) is 0 Å². The van der Waals surface area contributed by atoms with Gasteiger partial charge in [-0.15, -0.1) is 24.0 Å². The molecule has 0 aliphatic heterocycles. The number of nitrogens with zero attached hydrogens (tertiary/aromatic N) is 2. The van der Waals surface area contributed by atoms with E-state index < -0.39 is 0 Å². The Morgan fingerprint density at radius 2 is 1.83 bits per heavy atom. The smallest absolute Gasteiger partial charge is 0.253 e. The maximum Gasteiger partial charge on any atom is 0.253 e. The highest BCUT2D eigenvalue weighted by molar-refractivity contribution is 14.0. The predicted molar refractivity (Wildman–Crippen MR) is 127 cm³/mol. The average Bonchev–Trinajstić information content (AvgIpc) is 2.68. The first-order valence-corrected chi connectivity index (χ1v) is 9.43. The maximum atomic E-state index is 13.8. The zero-order chi connectivity index (χ0) is 20.7. The fourth-order valence-electron chi connectivity index (χ4n) is 2.67. The van der Waals surface area contributed by atoms with Crippen LogP contribution in [-0.2, 0) is 6.54 Å². The molecule has 7 heteroatoms. The van der Waals surface area contributed by atoms with Crippen LogP contribution in [0, 0.1) is 12.7 Å². The van der Waals surface area contributed by atoms with E-state index in [2.05, 4.69) is 15.6 Å². The first-order chi connectivity index (χ1) is 13.3. The van der Waals surface area contributed by atoms with Gasteiger partial charge in [0.1, 0.15) is 5.82 Å². The Kier molecular flexibility index (Phi) is 10.1. The zero-order valence-corrected chi connectivity index (χ0v) is 20.0. The van der Waals surface area contributed by atoms with Crippen LogP contribution < -0.4 is 10.6 Å². The number of hydrogen-bond donors (Lipinski definition) is 2. The molecule has 0 heterocycles. The minimum Gasteiger partial charge on any atom is -0.357 e. The first kappa shape index (κ1) is 24.9. The summed E-state index contributed by atoms with van der Waals surface area (Å²) in [7, 11) is 3.46. The van der Waals surface area contributed by atoms with Crippen LogP contribution in [0.1, 0.15) is 46.9 Å². The van der Waals surface area contributed by atoms with Gasteiger partial charge in [-0.3, -0.25) is 4.79 Å². The molecule has 0 bridgehead atoms. The van der Waals surface area contributed by atoms with Crippen LogP contribution in [0.15, 0.2) is 47.5 Å². The lowest BCUT2D eigenvalue weighted by atomic mass is 10.1. The van der Waals surface area contributed by atoms with E-state index in [9.17, 15) is 9.18 Å². The van der Waals surface area contributed by atoms with E-state index in [-0.39, 0.29) is 41.7 Å². The van der Waals surface area contributed by atoms with Crippen LogP contribution in [0.25, 0.3) is 0 Å². The van der Waals surface area contributed by atoms with E-state index in [0.717, 1.165) is 17.7 Å². The molecule has 0 spiro atoms. The summed E-state index contributed by atoms with van der Waals surface area (Å²) in [5.74, 6) is 0.425. The highest BCUT2D eigenvalue weighted by Crippen LogP contribution is 2.16. The van der Waals surface area contributed by atoms with Gasteiger partial charge in [0.2, 0.25) is 0 Å². The van der Waals surface area contributed by atoms with Crippen molar-refractivity contribution >= 4 is 35.8 Å². The second-order valence-corrected chi connectivity index (χ2v) is 6.97. The third-order valence-electron chi connectivity index (χ3n) is 4.42. The molecule has 2 aromatic rings. The normalized spacial score (nSPS) is 12.0. The van der Waals surface area contributed by atoms with Crippen molar-refractivity contribution in [2.24, 2.45) is 4.99 Å². The molecule has 0 aliphatic carbocycles. The molecule has 0 fully saturated rings. The third kappa shape index (κ3) is 7.30. The van der Waals surface area contributed by atoms with Gasteiger partial charge in [0.05, 0.1) is 12.6 Å². The van der Waals surface area contributed by atoms with E-state index in [1.54, 1.807) is 38.1 Å². The fraction of sp³-hybridized carbons (Fsp3) is 0.364. The first-order valence-electron chi connectivity index (χ1n) is 9.43. The van der Waals surface area contributed by atoms with Crippen molar-refractivity contribution in [1.82, 2.24) is 15.5 Å². The number of guanidine groups is 1. The van der Waals surface area contributed by atoms with Gasteiger partial charge >= 0.3 is 0 Å². The Balaban J connectivity index is 0.00000420. The van der Waals surface area contributed by atoms with Gasteiger partial charge < -0.3 is 15.5 Å². The van der Waals surface area contributed by atoms with Crippen LogP contribution in [0.3, 0.4) is 0 Å². The molecule has 2 rings (SSSR count). The molecule has 1 amide bonds. The van der Waals surface area contributed by atoms with Gasteiger partial charge in [0, 0.05) is 26.2 Å². The Labute approximate surface area is 189 Å². The summed E-state index contributed by atoms with van der Waals surface area (Å²) < 4.78 is 13.8. The summed E-state index contributed by atoms with van der Waals surface area (Å²) in [4.78, 5) is 18.1. The fourth-order valence-corrected chi connectivity index (χ4v) is 2.67. The quantitative estimate of drug-likeness (QED) is 0.346. The zero-order valence-electron chi connectivity index (χ0n) is 17.6. The number of nitrogens with one attached hydrogen (secondary N) is 2. The summed E-state index contributed by atoms with van der Waals surface area (Å²) in [6.07, 6.45) is 0. The predicted octanol–water partition coefficient (Wildman–Crippen LogP) is 4.27. The number of aliphatic imine (C=N–C) groups is 1. The molecule has 0 aliphatic rings. The second kappa shape index (κ2) is 11.7. The lowest BCUT2D eigenvalue weighted by molar-refractivity contribution is 0.0827. The van der Waals surface area contributed by atoms with Gasteiger partial charge in [-0.05, 0) is 55.7 Å². The van der Waals surface area contributed by atoms with Crippen molar-refractivity contribution in [2.45, 2.75) is 33.4 Å². The number of aryl methyl sites for hydroxylation is 1. The van der Waals surface area contributed by atoms with Gasteiger partial charge in [-0.1, -0.05) is 24.3 Å². The SMILES string of the molecule is CCNC(=NCc1ccc(C(=O)N(C)C)cc1)NC(C)c1ccc(C)c(F)c1.I. The minimum absolute atomic E-state index is 0. The van der Waals surface area contributed by atoms with E-state index in [1.807, 2.05) is 44.2 Å². The number of halogens is 2. The molecule has 5 nitrogen and oxygen atoms in total. The van der Waals surface area contributed by atoms with Crippen molar-refractivity contribution in [3.8, 4) is 0 Å². The molecule has 29 heavy (non-hydrogen) atoms. The third-order valence-corrected chi connectivity index (χ3v) is 4.42. The standard InChI is InChI=1S/C22H29FN4O.HI/c1-6-24-22(26-16(3)19-10-7-15(2)20(23)13-19)25-14-17-8-11-18(12-9-17)21(28)27(4)5;/h7-13,16H,6,14H2,1-5H3,(H2,24,25,26);1H. The summed E-state index contributed by atoms with van der Waals surface area (Å²) in [6.45, 7) is 6.91. The van der Waals surface area contributed by atoms with E-state index in [4.69, 9.17) is 0 Å². The lowest BCUT2D eigenvalue weighted by Crippen LogP contribution is -2.38. The second-order valence-electron chi connectivity index (χ2n) is 6.97. The largest absolute Gasteiger partial charge is 0.357 e. The van der Waals surface area contributed by atoms with Gasteiger partial charge in [-0.2, -0.15) is 0 Å². The summed E-state index contributed by atoms with van der Waals surface area (Å²) >= 11 is 0. The maximum absolute atomic E-state index is 13.8. The molecular weight excluding hydrogens is 482 g/mol. The highest BCUT2D eigenvalue weighted by Gasteiger charge is 2.10. The monoisotopic (exact) mass is 512 g/mol. The Morgan fingerprint density at radius 3 is 2.38 bits per heavy atom. The number of amides is 1. The molecule has 2 aromatic carbocycles. The highest BCUT2D eigenvalue weighted by atomic mass is 127. The van der Waals surface area contributed by atoms with Crippen molar-refractivity contribution < 1.29 is 9.18 Å². The van der Waals surface area contributed by atoms with Crippen LogP contribution in [-0.4, -0.2) is 37.4 Å². The van der Waals surface area contributed by atoms with Crippen LogP contribution in [0.2, 0.25) is 0 Å². The Morgan fingerprint density at radius 1 is 1.17 bits per heavy atom. The molecule has 0 saturated carbocycles. The molecule has 1 unspecified atom stereocenters. The van der Waals surface area contributed by atoms with E-state index >= 15 is 0 Å². The van der Waals surface area contributed by atoms with Crippen molar-refractivity contribution in [1.29, 1.82) is 0 Å². The lowest BCUT2D eigenvalue weighted by Gasteiger charge is -2.18. The van der Waals surface area contributed by atoms with E-state index in [1.165, 1.54) is 0 Å². The molecule has 0 aromatic heterocycles. The summed E-state index contributed by atoms with van der Waals surface area (Å²) in [5.41, 5.74) is 3.15. The van der Waals surface area contributed by atoms with Crippen LogP contribution in [0.5, 0.6) is 0 Å². The number of carbonyl (C=O) groups is 1. The molecule has 0 saturated heterocycles. The Bertz CT molecular complexity index is 837. The summed E-state index contributed by atoms with van der Waals surface area (Å²) in [5, 5.41) is 6.52. The topological polar surface area (TPSA) is 56.7 Å². The van der Waals surface area contributed by atoms with Gasteiger partial charge in [0.15, 0.2) is 5.96 Å². The van der Waals surface area contributed by atoms with Gasteiger partial charge in [0.25, 0.3) is 5.91 Å². The minimum atomic E-state index is -0.208. The molecule has 0 radical (unpaired) electrons. The van der Waals surface area contributed by atoms with E-state index in [0.29, 0.717) is 23.6 Å². The van der Waals surface area contributed by atoms with Crippen LogP contribution in [0.4, 0.5) is 4.39 Å². The van der Waals surface area contributed by atoms with Gasteiger partial charge in [-0.25, -0.2) is 9.38 Å². The summed E-state index contributed by atoms with van der Waals surface area (Å²) in [6, 6.07) is 12.6. The van der Waals surface area contributed by atoms with Crippen molar-refractivity contribution in [2.75, 3.05) is 20.6 Å². The number of hydrogen-bond acceptors (Lipinski definition) is 2. The number of carbonyl (C=O) groups excluding carboxylic acids is 1. The van der Waals surface area contributed by atoms with Crippen LogP contribution >= 0.6 is 24.0 Å². The molecule has 2 N–H and O–H groups in total. The molecule has 1 atom stereocenters. The number of rotatable bonds is 6. The van der Waals surface area contributed by atoms with Crippen molar-refractivity contribution in [3.05, 3.63) is 70.5 Å². The molecular formula is C22H30FIN4O. The Hall–Kier alpha value is -2.16.